The van der Waals surface area contributed by atoms with E-state index in [-0.39, 0.29) is 17.1 Å². The molecule has 1 aliphatic rings. The van der Waals surface area contributed by atoms with Crippen LogP contribution in [-0.4, -0.2) is 24.0 Å². The Bertz CT molecular complexity index is 551. The molecule has 2 heterocycles. The van der Waals surface area contributed by atoms with Crippen molar-refractivity contribution in [3.63, 3.8) is 0 Å². The minimum absolute atomic E-state index is 0.108. The molecule has 0 radical (unpaired) electrons. The third-order valence-corrected chi connectivity index (χ3v) is 4.27. The van der Waals surface area contributed by atoms with E-state index in [1.54, 1.807) is 0 Å². The molecular weight excluding hydrogens is 228 g/mol. The molecule has 1 N–H and O–H groups in total. The van der Waals surface area contributed by atoms with Crippen molar-refractivity contribution in [2.75, 3.05) is 5.75 Å². The van der Waals surface area contributed by atoms with Crippen LogP contribution >= 0.6 is 0 Å². The molecule has 90 valence electrons. The van der Waals surface area contributed by atoms with Gasteiger partial charge >= 0.3 is 0 Å². The number of aromatic nitrogens is 2. The highest BCUT2D eigenvalue weighted by molar-refractivity contribution is 7.90. The average Bonchev–Trinajstić information content (AvgIpc) is 2.43. The molecule has 6 heteroatoms. The summed E-state index contributed by atoms with van der Waals surface area (Å²) in [5.41, 5.74) is 1.05. The van der Waals surface area contributed by atoms with Crippen molar-refractivity contribution in [2.24, 2.45) is 5.92 Å². The van der Waals surface area contributed by atoms with Gasteiger partial charge in [0.2, 0.25) is 0 Å². The normalized spacial score (nSPS) is 18.7. The largest absolute Gasteiger partial charge is 0.299 e. The van der Waals surface area contributed by atoms with Gasteiger partial charge in [0, 0.05) is 18.7 Å². The number of H-pyrrole nitrogens is 1. The van der Waals surface area contributed by atoms with Crippen LogP contribution in [0.4, 0.5) is 0 Å². The highest BCUT2D eigenvalue weighted by Gasteiger charge is 2.26. The van der Waals surface area contributed by atoms with Gasteiger partial charge in [0.15, 0.2) is 9.84 Å². The fourth-order valence-corrected chi connectivity index (χ4v) is 3.37. The molecule has 0 amide bonds. The van der Waals surface area contributed by atoms with Crippen LogP contribution in [0.25, 0.3) is 0 Å². The molecule has 2 rings (SSSR count). The van der Waals surface area contributed by atoms with Crippen LogP contribution in [0.3, 0.4) is 0 Å². The lowest BCUT2D eigenvalue weighted by atomic mass is 10.2. The fraction of sp³-hybridized carbons (Fsp3) is 0.700. The lowest BCUT2D eigenvalue weighted by Crippen LogP contribution is -2.25. The molecule has 0 aromatic carbocycles. The molecule has 0 atom stereocenters. The number of aryl methyl sites for hydroxylation is 1. The summed E-state index contributed by atoms with van der Waals surface area (Å²) in [6, 6.07) is 0. The number of fused-ring (bicyclic) bond motifs is 1. The second-order valence-electron chi connectivity index (χ2n) is 4.72. The molecule has 0 bridgehead atoms. The molecule has 0 spiro atoms. The van der Waals surface area contributed by atoms with E-state index in [0.717, 1.165) is 5.69 Å². The van der Waals surface area contributed by atoms with Gasteiger partial charge < -0.3 is 0 Å². The number of nitrogens with zero attached hydrogens (tertiary/aromatic N) is 1. The number of nitrogens with one attached hydrogen (secondary N) is 1. The summed E-state index contributed by atoms with van der Waals surface area (Å²) in [5, 5.41) is 3.01. The van der Waals surface area contributed by atoms with Crippen LogP contribution in [0.2, 0.25) is 0 Å². The smallest absolute Gasteiger partial charge is 0.270 e. The molecule has 5 nitrogen and oxygen atoms in total. The van der Waals surface area contributed by atoms with Gasteiger partial charge in [-0.25, -0.2) is 8.42 Å². The van der Waals surface area contributed by atoms with Crippen LogP contribution in [0.15, 0.2) is 4.79 Å². The zero-order valence-corrected chi connectivity index (χ0v) is 10.3. The molecule has 1 aromatic heterocycles. The minimum atomic E-state index is -3.07. The number of hydrogen-bond acceptors (Lipinski definition) is 3. The Morgan fingerprint density at radius 3 is 2.75 bits per heavy atom. The summed E-state index contributed by atoms with van der Waals surface area (Å²) >= 11 is 0. The molecule has 0 fully saturated rings. The molecule has 0 unspecified atom stereocenters. The maximum absolute atomic E-state index is 11.9. The summed E-state index contributed by atoms with van der Waals surface area (Å²) in [5.74, 6) is 0.388. The monoisotopic (exact) mass is 244 g/mol. The third kappa shape index (κ3) is 2.07. The van der Waals surface area contributed by atoms with Gasteiger partial charge in [-0.2, -0.15) is 0 Å². The molecule has 0 saturated heterocycles. The summed E-state index contributed by atoms with van der Waals surface area (Å²) in [6.45, 7) is 4.64. The molecular formula is C10H16N2O3S. The Labute approximate surface area is 94.4 Å². The predicted octanol–water partition coefficient (Wildman–Crippen LogP) is 0.303. The maximum atomic E-state index is 11.9. The lowest BCUT2D eigenvalue weighted by molar-refractivity contribution is 0.470. The molecule has 1 aliphatic heterocycles. The fourth-order valence-electron chi connectivity index (χ4n) is 1.97. The van der Waals surface area contributed by atoms with Gasteiger partial charge in [-0.05, 0) is 5.92 Å². The van der Waals surface area contributed by atoms with Crippen LogP contribution in [0, 0.1) is 5.92 Å². The Kier molecular flexibility index (Phi) is 2.69. The van der Waals surface area contributed by atoms with E-state index in [0.29, 0.717) is 24.4 Å². The maximum Gasteiger partial charge on any atom is 0.270 e. The van der Waals surface area contributed by atoms with E-state index >= 15 is 0 Å². The first kappa shape index (κ1) is 11.4. The van der Waals surface area contributed by atoms with Gasteiger partial charge in [-0.15, -0.1) is 0 Å². The molecule has 0 saturated carbocycles. The Morgan fingerprint density at radius 1 is 1.44 bits per heavy atom. The topological polar surface area (TPSA) is 71.9 Å². The highest BCUT2D eigenvalue weighted by Crippen LogP contribution is 2.16. The zero-order valence-electron chi connectivity index (χ0n) is 9.49. The van der Waals surface area contributed by atoms with Gasteiger partial charge in [-0.1, -0.05) is 13.8 Å². The van der Waals surface area contributed by atoms with Gasteiger partial charge in [0.05, 0.1) is 17.1 Å². The van der Waals surface area contributed by atoms with Crippen molar-refractivity contribution in [1.82, 2.24) is 9.78 Å². The average molecular weight is 244 g/mol. The Balaban J connectivity index is 2.42. The predicted molar refractivity (Wildman–Crippen MR) is 61.1 cm³/mol. The molecule has 0 aliphatic carbocycles. The van der Waals surface area contributed by atoms with Crippen LogP contribution in [0.5, 0.6) is 0 Å². The second-order valence-corrected chi connectivity index (χ2v) is 6.90. The van der Waals surface area contributed by atoms with Gasteiger partial charge in [-0.3, -0.25) is 14.6 Å². The molecule has 16 heavy (non-hydrogen) atoms. The first-order valence-corrected chi connectivity index (χ1v) is 7.22. The van der Waals surface area contributed by atoms with Gasteiger partial charge in [0.25, 0.3) is 5.56 Å². The van der Waals surface area contributed by atoms with Crippen molar-refractivity contribution in [1.29, 1.82) is 0 Å². The summed E-state index contributed by atoms with van der Waals surface area (Å²) in [7, 11) is -3.07. The van der Waals surface area contributed by atoms with Crippen molar-refractivity contribution < 1.29 is 8.42 Å². The Hall–Kier alpha value is -1.04. The van der Waals surface area contributed by atoms with E-state index < -0.39 is 9.84 Å². The van der Waals surface area contributed by atoms with E-state index in [4.69, 9.17) is 0 Å². The van der Waals surface area contributed by atoms with Crippen LogP contribution < -0.4 is 5.56 Å². The first-order valence-electron chi connectivity index (χ1n) is 5.40. The number of aromatic amines is 1. The van der Waals surface area contributed by atoms with Crippen LogP contribution in [-0.2, 0) is 28.6 Å². The quantitative estimate of drug-likeness (QED) is 0.813. The number of rotatable bonds is 2. The van der Waals surface area contributed by atoms with E-state index in [2.05, 4.69) is 5.10 Å². The minimum Gasteiger partial charge on any atom is -0.299 e. The summed E-state index contributed by atoms with van der Waals surface area (Å²) in [4.78, 5) is 11.9. The van der Waals surface area contributed by atoms with E-state index in [1.807, 2.05) is 13.8 Å². The van der Waals surface area contributed by atoms with E-state index in [9.17, 15) is 13.2 Å². The summed E-state index contributed by atoms with van der Waals surface area (Å²) < 4.78 is 24.4. The van der Waals surface area contributed by atoms with Gasteiger partial charge in [0.1, 0.15) is 0 Å². The van der Waals surface area contributed by atoms with E-state index in [1.165, 1.54) is 4.68 Å². The summed E-state index contributed by atoms with van der Waals surface area (Å²) in [6.07, 6.45) is 0.429. The number of sulfone groups is 1. The standard InChI is InChI=1S/C10H16N2O3S/c1-7(2)5-12-10(13)8-6-16(14,15)4-3-9(8)11-12/h7,11H,3-6H2,1-2H3. The zero-order chi connectivity index (χ0) is 11.9. The molecule has 1 aromatic rings. The van der Waals surface area contributed by atoms with Crippen LogP contribution in [0.1, 0.15) is 25.1 Å². The lowest BCUT2D eigenvalue weighted by Gasteiger charge is -2.09. The Morgan fingerprint density at radius 2 is 2.12 bits per heavy atom. The second kappa shape index (κ2) is 3.76. The SMILES string of the molecule is CC(C)Cn1[nH]c2c(c1=O)CS(=O)(=O)CC2. The number of hydrogen-bond donors (Lipinski definition) is 1. The first-order chi connectivity index (χ1) is 7.39. The van der Waals surface area contributed by atoms with Crippen molar-refractivity contribution in [2.45, 2.75) is 32.6 Å². The van der Waals surface area contributed by atoms with Crippen molar-refractivity contribution in [3.05, 3.63) is 21.6 Å². The highest BCUT2D eigenvalue weighted by atomic mass is 32.2. The van der Waals surface area contributed by atoms with Crippen molar-refractivity contribution in [3.8, 4) is 0 Å². The third-order valence-electron chi connectivity index (χ3n) is 2.71. The van der Waals surface area contributed by atoms with Crippen molar-refractivity contribution >= 4 is 9.84 Å².